The molecule has 5 heteroatoms. The molecule has 5 nitrogen and oxygen atoms in total. The van der Waals surface area contributed by atoms with E-state index >= 15 is 0 Å². The Morgan fingerprint density at radius 1 is 1.38 bits per heavy atom. The predicted molar refractivity (Wildman–Crippen MR) is 84.3 cm³/mol. The number of likely N-dealkylation sites (tertiary alicyclic amines) is 2. The second kappa shape index (κ2) is 8.11. The zero-order chi connectivity index (χ0) is 15.2. The number of fused-ring (bicyclic) bond motifs is 1. The molecule has 2 aliphatic heterocycles. The van der Waals surface area contributed by atoms with Gasteiger partial charge in [0.15, 0.2) is 0 Å². The molecule has 0 bridgehead atoms. The number of carbonyl (C=O) groups is 1. The lowest BCUT2D eigenvalue weighted by Gasteiger charge is -2.46. The van der Waals surface area contributed by atoms with Gasteiger partial charge in [-0.25, -0.2) is 0 Å². The minimum Gasteiger partial charge on any atom is -0.468 e. The van der Waals surface area contributed by atoms with Gasteiger partial charge in [0.25, 0.3) is 0 Å². The average Bonchev–Trinajstić information content (AvgIpc) is 2.50. The number of methoxy groups -OCH3 is 1. The van der Waals surface area contributed by atoms with Crippen LogP contribution in [0.15, 0.2) is 0 Å². The van der Waals surface area contributed by atoms with Crippen molar-refractivity contribution in [1.29, 1.82) is 0 Å². The van der Waals surface area contributed by atoms with E-state index in [4.69, 9.17) is 4.74 Å². The van der Waals surface area contributed by atoms with E-state index in [1.165, 1.54) is 32.9 Å². The average molecular weight is 297 g/mol. The molecule has 0 aromatic carbocycles. The fraction of sp³-hybridized carbons (Fsp3) is 0.938. The molecule has 3 unspecified atom stereocenters. The number of piperidine rings is 2. The molecule has 1 N–H and O–H groups in total. The van der Waals surface area contributed by atoms with Crippen LogP contribution in [0.4, 0.5) is 0 Å². The number of esters is 1. The third-order valence-corrected chi connectivity index (χ3v) is 5.00. The summed E-state index contributed by atoms with van der Waals surface area (Å²) in [5.74, 6) is 0.633. The Labute approximate surface area is 129 Å². The van der Waals surface area contributed by atoms with Crippen molar-refractivity contribution < 1.29 is 9.53 Å². The van der Waals surface area contributed by atoms with Crippen molar-refractivity contribution in [2.45, 2.75) is 44.7 Å². The van der Waals surface area contributed by atoms with E-state index in [1.807, 2.05) is 0 Å². The molecule has 0 spiro atoms. The van der Waals surface area contributed by atoms with Gasteiger partial charge in [-0.1, -0.05) is 6.92 Å². The van der Waals surface area contributed by atoms with Crippen LogP contribution in [0.1, 0.15) is 32.6 Å². The van der Waals surface area contributed by atoms with Crippen LogP contribution in [0.3, 0.4) is 0 Å². The second-order valence-electron chi connectivity index (χ2n) is 6.53. The minimum absolute atomic E-state index is 0.133. The molecule has 2 saturated heterocycles. The number of carbonyl (C=O) groups excluding carboxylic acids is 1. The van der Waals surface area contributed by atoms with Gasteiger partial charge in [0, 0.05) is 19.1 Å². The van der Waals surface area contributed by atoms with Crippen LogP contribution in [-0.4, -0.2) is 74.7 Å². The largest absolute Gasteiger partial charge is 0.468 e. The van der Waals surface area contributed by atoms with Crippen molar-refractivity contribution in [2.75, 3.05) is 46.9 Å². The van der Waals surface area contributed by atoms with Crippen molar-refractivity contribution in [3.8, 4) is 0 Å². The Hall–Kier alpha value is -0.650. The fourth-order valence-electron chi connectivity index (χ4n) is 3.84. The number of ether oxygens (including phenoxy) is 1. The van der Waals surface area contributed by atoms with E-state index in [0.29, 0.717) is 0 Å². The normalized spacial score (nSPS) is 28.9. The van der Waals surface area contributed by atoms with E-state index < -0.39 is 0 Å². The maximum Gasteiger partial charge on any atom is 0.324 e. The summed E-state index contributed by atoms with van der Waals surface area (Å²) in [6, 6.07) is 0.558. The van der Waals surface area contributed by atoms with Crippen molar-refractivity contribution in [2.24, 2.45) is 5.92 Å². The highest BCUT2D eigenvalue weighted by Crippen LogP contribution is 2.29. The highest BCUT2D eigenvalue weighted by atomic mass is 16.5. The molecular formula is C16H31N3O2. The second-order valence-corrected chi connectivity index (χ2v) is 6.53. The van der Waals surface area contributed by atoms with Crippen LogP contribution in [0.25, 0.3) is 0 Å². The van der Waals surface area contributed by atoms with E-state index in [2.05, 4.69) is 29.1 Å². The number of hydrogen-bond acceptors (Lipinski definition) is 5. The topological polar surface area (TPSA) is 44.8 Å². The van der Waals surface area contributed by atoms with Gasteiger partial charge in [-0.3, -0.25) is 4.79 Å². The monoisotopic (exact) mass is 297 g/mol. The van der Waals surface area contributed by atoms with Crippen LogP contribution < -0.4 is 5.32 Å². The number of nitrogens with one attached hydrogen (secondary N) is 1. The van der Waals surface area contributed by atoms with Crippen molar-refractivity contribution in [1.82, 2.24) is 15.1 Å². The first kappa shape index (κ1) is 16.7. The van der Waals surface area contributed by atoms with Crippen LogP contribution in [-0.2, 0) is 9.53 Å². The Balaban J connectivity index is 1.88. The van der Waals surface area contributed by atoms with Gasteiger partial charge in [0.2, 0.25) is 0 Å². The highest BCUT2D eigenvalue weighted by Gasteiger charge is 2.35. The van der Waals surface area contributed by atoms with E-state index in [0.717, 1.165) is 44.6 Å². The fourth-order valence-corrected chi connectivity index (χ4v) is 3.84. The molecule has 0 radical (unpaired) electrons. The van der Waals surface area contributed by atoms with Gasteiger partial charge in [-0.2, -0.15) is 0 Å². The third-order valence-electron chi connectivity index (χ3n) is 5.00. The summed E-state index contributed by atoms with van der Waals surface area (Å²) in [5, 5.41) is 3.32. The van der Waals surface area contributed by atoms with Gasteiger partial charge >= 0.3 is 5.97 Å². The lowest BCUT2D eigenvalue weighted by Crippen LogP contribution is -2.56. The van der Waals surface area contributed by atoms with E-state index in [9.17, 15) is 4.79 Å². The van der Waals surface area contributed by atoms with Crippen LogP contribution in [0.2, 0.25) is 0 Å². The summed E-state index contributed by atoms with van der Waals surface area (Å²) in [4.78, 5) is 16.9. The Morgan fingerprint density at radius 3 is 2.90 bits per heavy atom. The molecule has 2 heterocycles. The van der Waals surface area contributed by atoms with E-state index in [1.54, 1.807) is 0 Å². The highest BCUT2D eigenvalue weighted by molar-refractivity contribution is 5.75. The summed E-state index contributed by atoms with van der Waals surface area (Å²) < 4.78 is 4.94. The van der Waals surface area contributed by atoms with Crippen molar-refractivity contribution >= 4 is 5.97 Å². The molecular weight excluding hydrogens is 266 g/mol. The standard InChI is InChI=1S/C16H31N3O2/c1-4-8-17-14(16(20)21-3)12-19-10-7-15-13(11-19)6-5-9-18(15)2/h13-15,17H,4-12H2,1-3H3. The zero-order valence-corrected chi connectivity index (χ0v) is 13.8. The third kappa shape index (κ3) is 4.41. The van der Waals surface area contributed by atoms with Gasteiger partial charge in [0.1, 0.15) is 6.04 Å². The molecule has 3 atom stereocenters. The Kier molecular flexibility index (Phi) is 6.45. The molecule has 0 aliphatic carbocycles. The predicted octanol–water partition coefficient (Wildman–Crippen LogP) is 0.944. The SMILES string of the molecule is CCCNC(CN1CCC2C(CCCN2C)C1)C(=O)OC. The summed E-state index contributed by atoms with van der Waals surface area (Å²) in [6.07, 6.45) is 4.89. The van der Waals surface area contributed by atoms with Crippen LogP contribution >= 0.6 is 0 Å². The summed E-state index contributed by atoms with van der Waals surface area (Å²) in [7, 11) is 3.73. The zero-order valence-electron chi connectivity index (χ0n) is 13.8. The summed E-state index contributed by atoms with van der Waals surface area (Å²) in [6.45, 7) is 7.21. The first-order chi connectivity index (χ1) is 10.2. The maximum absolute atomic E-state index is 11.9. The lowest BCUT2D eigenvalue weighted by atomic mass is 9.84. The molecule has 122 valence electrons. The lowest BCUT2D eigenvalue weighted by molar-refractivity contribution is -0.143. The molecule has 2 fully saturated rings. The number of hydrogen-bond donors (Lipinski definition) is 1. The first-order valence-electron chi connectivity index (χ1n) is 8.39. The molecule has 0 saturated carbocycles. The Morgan fingerprint density at radius 2 is 2.19 bits per heavy atom. The van der Waals surface area contributed by atoms with Gasteiger partial charge in [-0.05, 0) is 58.3 Å². The molecule has 0 aromatic heterocycles. The van der Waals surface area contributed by atoms with Crippen molar-refractivity contribution in [3.05, 3.63) is 0 Å². The van der Waals surface area contributed by atoms with Gasteiger partial charge in [0.05, 0.1) is 7.11 Å². The van der Waals surface area contributed by atoms with Crippen molar-refractivity contribution in [3.63, 3.8) is 0 Å². The maximum atomic E-state index is 11.9. The minimum atomic E-state index is -0.187. The number of nitrogens with zero attached hydrogens (tertiary/aromatic N) is 2. The summed E-state index contributed by atoms with van der Waals surface area (Å²) in [5.41, 5.74) is 0. The molecule has 2 rings (SSSR count). The molecule has 2 aliphatic rings. The quantitative estimate of drug-likeness (QED) is 0.739. The smallest absolute Gasteiger partial charge is 0.324 e. The van der Waals surface area contributed by atoms with Crippen LogP contribution in [0.5, 0.6) is 0 Å². The summed E-state index contributed by atoms with van der Waals surface area (Å²) >= 11 is 0. The molecule has 21 heavy (non-hydrogen) atoms. The van der Waals surface area contributed by atoms with Crippen LogP contribution in [0, 0.1) is 5.92 Å². The molecule has 0 amide bonds. The first-order valence-corrected chi connectivity index (χ1v) is 8.39. The molecule has 0 aromatic rings. The number of rotatable bonds is 6. The van der Waals surface area contributed by atoms with Gasteiger partial charge in [-0.15, -0.1) is 0 Å². The Bertz CT molecular complexity index is 337. The van der Waals surface area contributed by atoms with Gasteiger partial charge < -0.3 is 19.9 Å². The van der Waals surface area contributed by atoms with E-state index in [-0.39, 0.29) is 12.0 Å².